The maximum atomic E-state index is 13.5. The molecule has 1 aliphatic rings. The van der Waals surface area contributed by atoms with Gasteiger partial charge >= 0.3 is 6.03 Å². The Morgan fingerprint density at radius 3 is 2.33 bits per heavy atom. The van der Waals surface area contributed by atoms with Crippen molar-refractivity contribution in [2.24, 2.45) is 0 Å². The largest absolute Gasteiger partial charge is 0.352 e. The van der Waals surface area contributed by atoms with Crippen LogP contribution < -0.4 is 16.0 Å². The first-order valence-electron chi connectivity index (χ1n) is 14.2. The van der Waals surface area contributed by atoms with E-state index in [9.17, 15) is 9.59 Å². The van der Waals surface area contributed by atoms with Crippen LogP contribution in [0.25, 0.3) is 10.2 Å². The lowest BCUT2D eigenvalue weighted by molar-refractivity contribution is -0.122. The third-order valence-electron chi connectivity index (χ3n) is 7.38. The number of hydrogen-bond donors (Lipinski definition) is 3. The van der Waals surface area contributed by atoms with Crippen LogP contribution >= 0.6 is 11.3 Å². The number of hydrogen-bond acceptors (Lipinski definition) is 5. The summed E-state index contributed by atoms with van der Waals surface area (Å²) in [4.78, 5) is 32.6. The fourth-order valence-electron chi connectivity index (χ4n) is 5.30. The second-order valence-corrected chi connectivity index (χ2v) is 11.3. The van der Waals surface area contributed by atoms with E-state index in [1.165, 1.54) is 22.5 Å². The molecule has 1 aliphatic heterocycles. The second kappa shape index (κ2) is 14.1. The summed E-state index contributed by atoms with van der Waals surface area (Å²) < 4.78 is 1.03. The monoisotopic (exact) mass is 555 g/mol. The van der Waals surface area contributed by atoms with Crippen LogP contribution in [0.1, 0.15) is 49.1 Å². The molecule has 0 radical (unpaired) electrons. The summed E-state index contributed by atoms with van der Waals surface area (Å²) in [5, 5.41) is 10.1. The average molecular weight is 556 g/mol. The molecule has 0 spiro atoms. The number of para-hydroxylation sites is 1. The van der Waals surface area contributed by atoms with Gasteiger partial charge in [0, 0.05) is 38.0 Å². The quantitative estimate of drug-likeness (QED) is 0.212. The van der Waals surface area contributed by atoms with Gasteiger partial charge in [-0.05, 0) is 55.5 Å². The Bertz CT molecular complexity index is 1300. The van der Waals surface area contributed by atoms with Gasteiger partial charge in [0.1, 0.15) is 0 Å². The van der Waals surface area contributed by atoms with Crippen molar-refractivity contribution in [1.29, 1.82) is 0 Å². The zero-order valence-corrected chi connectivity index (χ0v) is 23.5. The number of benzene rings is 3. The first-order chi connectivity index (χ1) is 19.7. The molecule has 3 aromatic carbocycles. The summed E-state index contributed by atoms with van der Waals surface area (Å²) in [7, 11) is 0. The van der Waals surface area contributed by atoms with Gasteiger partial charge in [0.25, 0.3) is 0 Å². The van der Waals surface area contributed by atoms with Crippen LogP contribution in [0.15, 0.2) is 84.9 Å². The van der Waals surface area contributed by atoms with Crippen molar-refractivity contribution < 1.29 is 9.59 Å². The molecule has 7 nitrogen and oxygen atoms in total. The maximum Gasteiger partial charge on any atom is 0.323 e. The summed E-state index contributed by atoms with van der Waals surface area (Å²) in [6, 6.07) is 28.8. The van der Waals surface area contributed by atoms with Gasteiger partial charge in [-0.25, -0.2) is 9.78 Å². The third kappa shape index (κ3) is 7.67. The van der Waals surface area contributed by atoms with Gasteiger partial charge in [-0.3, -0.25) is 10.1 Å². The Morgan fingerprint density at radius 2 is 1.65 bits per heavy atom. The van der Waals surface area contributed by atoms with E-state index in [1.807, 2.05) is 41.3 Å². The van der Waals surface area contributed by atoms with Crippen LogP contribution in [0.3, 0.4) is 0 Å². The zero-order valence-electron chi connectivity index (χ0n) is 22.7. The van der Waals surface area contributed by atoms with Gasteiger partial charge in [-0.15, -0.1) is 0 Å². The number of thiazole rings is 1. The number of rotatable bonds is 11. The number of piperidine rings is 1. The van der Waals surface area contributed by atoms with E-state index in [0.29, 0.717) is 31.1 Å². The van der Waals surface area contributed by atoms with E-state index in [0.717, 1.165) is 42.6 Å². The number of anilines is 1. The minimum atomic E-state index is -0.184. The molecule has 0 saturated carbocycles. The number of amides is 3. The molecule has 4 aromatic rings. The summed E-state index contributed by atoms with van der Waals surface area (Å²) in [5.74, 6) is 0.203. The molecule has 1 saturated heterocycles. The zero-order chi connectivity index (χ0) is 27.6. The topological polar surface area (TPSA) is 86.4 Å². The molecular weight excluding hydrogens is 518 g/mol. The highest BCUT2D eigenvalue weighted by molar-refractivity contribution is 7.22. The second-order valence-electron chi connectivity index (χ2n) is 10.3. The highest BCUT2D eigenvalue weighted by Crippen LogP contribution is 2.29. The van der Waals surface area contributed by atoms with E-state index >= 15 is 0 Å². The molecule has 208 valence electrons. The van der Waals surface area contributed by atoms with Crippen molar-refractivity contribution in [1.82, 2.24) is 20.5 Å². The van der Waals surface area contributed by atoms with Crippen molar-refractivity contribution >= 4 is 38.6 Å². The van der Waals surface area contributed by atoms with Crippen molar-refractivity contribution in [3.63, 3.8) is 0 Å². The number of nitrogens with one attached hydrogen (secondary N) is 3. The lowest BCUT2D eigenvalue weighted by atomic mass is 9.88. The van der Waals surface area contributed by atoms with E-state index in [-0.39, 0.29) is 23.9 Å². The van der Waals surface area contributed by atoms with E-state index in [2.05, 4.69) is 69.5 Å². The Kier molecular flexibility index (Phi) is 9.77. The predicted molar refractivity (Wildman–Crippen MR) is 163 cm³/mol. The van der Waals surface area contributed by atoms with Crippen molar-refractivity contribution in [3.8, 4) is 0 Å². The lowest BCUT2D eigenvalue weighted by Crippen LogP contribution is -2.45. The van der Waals surface area contributed by atoms with Gasteiger partial charge in [-0.2, -0.15) is 0 Å². The summed E-state index contributed by atoms with van der Waals surface area (Å²) >= 11 is 1.47. The molecular formula is C32H37N5O2S. The van der Waals surface area contributed by atoms with Gasteiger partial charge in [-0.1, -0.05) is 84.1 Å². The van der Waals surface area contributed by atoms with Crippen LogP contribution in [0.5, 0.6) is 0 Å². The molecule has 0 aliphatic carbocycles. The van der Waals surface area contributed by atoms with Crippen LogP contribution in [-0.2, 0) is 4.79 Å². The van der Waals surface area contributed by atoms with E-state index in [4.69, 9.17) is 0 Å². The molecule has 1 atom stereocenters. The standard InChI is InChI=1S/C32H37N5O2S/c38-30(34-26-15-9-20-33-23-26)18-10-21-37(32(39)36-31-35-28-16-7-8-17-29(28)40-31)22-19-27(24-11-3-1-4-12-24)25-13-5-2-6-14-25/h1-8,11-14,16-17,26-27,33H,9-10,15,18-23H2,(H,34,38)(H,35,36,39)/t26-/m0/s1. The number of urea groups is 1. The van der Waals surface area contributed by atoms with Crippen molar-refractivity contribution in [3.05, 3.63) is 96.1 Å². The molecule has 3 N–H and O–H groups in total. The Hall–Kier alpha value is -3.75. The van der Waals surface area contributed by atoms with Gasteiger partial charge in [0.05, 0.1) is 10.2 Å². The molecule has 3 amide bonds. The van der Waals surface area contributed by atoms with Gasteiger partial charge < -0.3 is 15.5 Å². The highest BCUT2D eigenvalue weighted by atomic mass is 32.1. The SMILES string of the molecule is O=C(CCCN(CCC(c1ccccc1)c1ccccc1)C(=O)Nc1nc2ccccc2s1)N[C@H]1CCCNC1. The summed E-state index contributed by atoms with van der Waals surface area (Å²) in [6.45, 7) is 2.88. The minimum Gasteiger partial charge on any atom is -0.352 e. The predicted octanol–water partition coefficient (Wildman–Crippen LogP) is 6.00. The number of nitrogens with zero attached hydrogens (tertiary/aromatic N) is 2. The smallest absolute Gasteiger partial charge is 0.323 e. The van der Waals surface area contributed by atoms with E-state index in [1.54, 1.807) is 0 Å². The third-order valence-corrected chi connectivity index (χ3v) is 8.33. The van der Waals surface area contributed by atoms with Crippen molar-refractivity contribution in [2.75, 3.05) is 31.5 Å². The van der Waals surface area contributed by atoms with Crippen LogP contribution in [0.2, 0.25) is 0 Å². The molecule has 0 bridgehead atoms. The van der Waals surface area contributed by atoms with Crippen molar-refractivity contribution in [2.45, 2.75) is 44.1 Å². The fraction of sp³-hybridized carbons (Fsp3) is 0.344. The molecule has 0 unspecified atom stereocenters. The van der Waals surface area contributed by atoms with Crippen LogP contribution in [-0.4, -0.2) is 54.0 Å². The average Bonchev–Trinajstić information content (AvgIpc) is 3.40. The molecule has 8 heteroatoms. The summed E-state index contributed by atoms with van der Waals surface area (Å²) in [5.41, 5.74) is 3.32. The molecule has 40 heavy (non-hydrogen) atoms. The number of aromatic nitrogens is 1. The first-order valence-corrected chi connectivity index (χ1v) is 15.0. The van der Waals surface area contributed by atoms with Crippen LogP contribution in [0, 0.1) is 0 Å². The molecule has 2 heterocycles. The first kappa shape index (κ1) is 27.8. The van der Waals surface area contributed by atoms with Crippen LogP contribution in [0.4, 0.5) is 9.93 Å². The number of fused-ring (bicyclic) bond motifs is 1. The summed E-state index contributed by atoms with van der Waals surface area (Å²) in [6.07, 6.45) is 3.84. The van der Waals surface area contributed by atoms with Gasteiger partial charge in [0.2, 0.25) is 5.91 Å². The van der Waals surface area contributed by atoms with E-state index < -0.39 is 0 Å². The normalized spacial score (nSPS) is 15.2. The maximum absolute atomic E-state index is 13.5. The highest BCUT2D eigenvalue weighted by Gasteiger charge is 2.21. The number of carbonyl (C=O) groups is 2. The lowest BCUT2D eigenvalue weighted by Gasteiger charge is -2.26. The fourth-order valence-corrected chi connectivity index (χ4v) is 6.15. The number of carbonyl (C=O) groups excluding carboxylic acids is 2. The Balaban J connectivity index is 1.26. The van der Waals surface area contributed by atoms with Gasteiger partial charge in [0.15, 0.2) is 5.13 Å². The molecule has 5 rings (SSSR count). The minimum absolute atomic E-state index is 0.0479. The Labute approximate surface area is 240 Å². The Morgan fingerprint density at radius 1 is 0.950 bits per heavy atom. The molecule has 1 aromatic heterocycles. The molecule has 1 fully saturated rings.